The first-order chi connectivity index (χ1) is 18.9. The number of sulfone groups is 1. The van der Waals surface area contributed by atoms with Crippen LogP contribution in [-0.2, 0) is 30.1 Å². The molecule has 0 aliphatic rings. The SMILES string of the molecule is CN(C)c1ccc(N=Nc2snc3ccc(S(C)(=O)=O)cc23)cc1NC(=O)c1cc(S(=O)(=O)O)cc(S(=O)(=O)O)c1. The molecule has 18 heteroatoms. The number of carbonyl (C=O) groups is 1. The topological polar surface area (TPSA) is 213 Å². The van der Waals surface area contributed by atoms with Crippen molar-refractivity contribution >= 4 is 80.5 Å². The van der Waals surface area contributed by atoms with Crippen LogP contribution < -0.4 is 10.2 Å². The molecule has 216 valence electrons. The van der Waals surface area contributed by atoms with Crippen molar-refractivity contribution in [2.75, 3.05) is 30.6 Å². The zero-order valence-corrected chi connectivity index (χ0v) is 24.6. The number of fused-ring (bicyclic) bond motifs is 1. The molecule has 1 aromatic heterocycles. The molecule has 1 heterocycles. The summed E-state index contributed by atoms with van der Waals surface area (Å²) in [5, 5.41) is 11.7. The molecule has 0 saturated carbocycles. The Hall–Kier alpha value is -3.81. The van der Waals surface area contributed by atoms with Gasteiger partial charge in [0.15, 0.2) is 14.8 Å². The van der Waals surface area contributed by atoms with E-state index >= 15 is 0 Å². The van der Waals surface area contributed by atoms with Crippen molar-refractivity contribution < 1.29 is 39.2 Å². The van der Waals surface area contributed by atoms with Crippen LogP contribution in [-0.4, -0.2) is 65.0 Å². The number of carbonyl (C=O) groups excluding carboxylic acids is 1. The van der Waals surface area contributed by atoms with Crippen LogP contribution >= 0.6 is 11.5 Å². The normalized spacial score (nSPS) is 12.6. The average molecular weight is 640 g/mol. The molecule has 14 nitrogen and oxygen atoms in total. The van der Waals surface area contributed by atoms with E-state index in [4.69, 9.17) is 0 Å². The zero-order valence-electron chi connectivity index (χ0n) is 21.4. The number of azo groups is 1. The van der Waals surface area contributed by atoms with Gasteiger partial charge in [-0.25, -0.2) is 8.42 Å². The smallest absolute Gasteiger partial charge is 0.294 e. The van der Waals surface area contributed by atoms with E-state index in [1.165, 1.54) is 18.2 Å². The molecule has 0 bridgehead atoms. The van der Waals surface area contributed by atoms with Crippen LogP contribution in [0.4, 0.5) is 22.1 Å². The Kier molecular flexibility index (Phi) is 8.00. The lowest BCUT2D eigenvalue weighted by molar-refractivity contribution is 0.102. The zero-order chi connectivity index (χ0) is 30.3. The number of nitrogens with one attached hydrogen (secondary N) is 1. The highest BCUT2D eigenvalue weighted by Gasteiger charge is 2.22. The predicted octanol–water partition coefficient (Wildman–Crippen LogP) is 3.93. The summed E-state index contributed by atoms with van der Waals surface area (Å²) in [4.78, 5) is 13.0. The first-order valence-electron chi connectivity index (χ1n) is 11.2. The average Bonchev–Trinajstić information content (AvgIpc) is 3.28. The number of hydrogen-bond donors (Lipinski definition) is 3. The highest BCUT2D eigenvalue weighted by molar-refractivity contribution is 7.90. The summed E-state index contributed by atoms with van der Waals surface area (Å²) in [6.45, 7) is 0. The Labute approximate surface area is 238 Å². The van der Waals surface area contributed by atoms with Gasteiger partial charge in [-0.1, -0.05) is 0 Å². The second kappa shape index (κ2) is 10.9. The fourth-order valence-corrected chi connectivity index (χ4v) is 6.09. The maximum Gasteiger partial charge on any atom is 0.294 e. The lowest BCUT2D eigenvalue weighted by Gasteiger charge is -2.18. The Morgan fingerprint density at radius 2 is 1.49 bits per heavy atom. The van der Waals surface area contributed by atoms with Crippen molar-refractivity contribution in [1.29, 1.82) is 0 Å². The summed E-state index contributed by atoms with van der Waals surface area (Å²) in [7, 11) is -9.95. The predicted molar refractivity (Wildman–Crippen MR) is 152 cm³/mol. The summed E-state index contributed by atoms with van der Waals surface area (Å²) in [6.07, 6.45) is 1.08. The van der Waals surface area contributed by atoms with Crippen LogP contribution in [0.3, 0.4) is 0 Å². The highest BCUT2D eigenvalue weighted by atomic mass is 32.2. The van der Waals surface area contributed by atoms with E-state index in [1.54, 1.807) is 37.2 Å². The molecule has 41 heavy (non-hydrogen) atoms. The Morgan fingerprint density at radius 1 is 0.854 bits per heavy atom. The highest BCUT2D eigenvalue weighted by Crippen LogP contribution is 2.35. The van der Waals surface area contributed by atoms with E-state index in [9.17, 15) is 39.2 Å². The Bertz CT molecular complexity index is 2000. The first-order valence-corrected chi connectivity index (χ1v) is 16.7. The van der Waals surface area contributed by atoms with Gasteiger partial charge in [0, 0.05) is 31.3 Å². The molecular formula is C23H21N5O9S4. The molecule has 3 aromatic carbocycles. The lowest BCUT2D eigenvalue weighted by atomic mass is 10.2. The van der Waals surface area contributed by atoms with E-state index in [2.05, 4.69) is 19.9 Å². The minimum absolute atomic E-state index is 0.0946. The summed E-state index contributed by atoms with van der Waals surface area (Å²) >= 11 is 1.01. The van der Waals surface area contributed by atoms with E-state index in [0.29, 0.717) is 27.7 Å². The van der Waals surface area contributed by atoms with Gasteiger partial charge in [0.2, 0.25) is 0 Å². The van der Waals surface area contributed by atoms with Crippen molar-refractivity contribution in [2.45, 2.75) is 14.7 Å². The molecule has 0 aliphatic heterocycles. The molecule has 0 radical (unpaired) electrons. The third-order valence-electron chi connectivity index (χ3n) is 5.56. The van der Waals surface area contributed by atoms with Crippen LogP contribution in [0.2, 0.25) is 0 Å². The third-order valence-corrected chi connectivity index (χ3v) is 9.10. The molecule has 4 aromatic rings. The Balaban J connectivity index is 1.72. The molecule has 0 atom stereocenters. The van der Waals surface area contributed by atoms with Gasteiger partial charge in [-0.05, 0) is 66.1 Å². The summed E-state index contributed by atoms with van der Waals surface area (Å²) in [5.74, 6) is -0.959. The molecule has 4 rings (SSSR count). The molecule has 1 amide bonds. The lowest BCUT2D eigenvalue weighted by Crippen LogP contribution is -2.17. The Morgan fingerprint density at radius 3 is 2.05 bits per heavy atom. The number of hydrogen-bond acceptors (Lipinski definition) is 12. The number of amides is 1. The number of benzene rings is 3. The van der Waals surface area contributed by atoms with E-state index in [1.807, 2.05) is 0 Å². The summed E-state index contributed by atoms with van der Waals surface area (Å²) in [5.41, 5.74) is 0.970. The van der Waals surface area contributed by atoms with Crippen molar-refractivity contribution in [3.63, 3.8) is 0 Å². The largest absolute Gasteiger partial charge is 0.376 e. The van der Waals surface area contributed by atoms with Crippen LogP contribution in [0.5, 0.6) is 0 Å². The van der Waals surface area contributed by atoms with Gasteiger partial charge in [0.25, 0.3) is 26.1 Å². The van der Waals surface area contributed by atoms with Crippen molar-refractivity contribution in [1.82, 2.24) is 4.37 Å². The first kappa shape index (κ1) is 30.2. The van der Waals surface area contributed by atoms with Gasteiger partial charge in [-0.2, -0.15) is 21.2 Å². The fourth-order valence-electron chi connectivity index (χ4n) is 3.59. The molecule has 0 spiro atoms. The molecule has 0 unspecified atom stereocenters. The van der Waals surface area contributed by atoms with Gasteiger partial charge in [-0.15, -0.1) is 10.2 Å². The molecular weight excluding hydrogens is 619 g/mol. The minimum atomic E-state index is -4.93. The van der Waals surface area contributed by atoms with Crippen molar-refractivity contribution in [3.8, 4) is 0 Å². The van der Waals surface area contributed by atoms with Crippen molar-refractivity contribution in [2.24, 2.45) is 10.2 Å². The molecule has 0 saturated heterocycles. The summed E-state index contributed by atoms with van der Waals surface area (Å²) < 4.78 is 93.5. The molecule has 0 fully saturated rings. The second-order valence-corrected chi connectivity index (χ2v) is 14.4. The number of nitrogens with zero attached hydrogens (tertiary/aromatic N) is 4. The standard InChI is InChI=1S/C23H21N5O9S4/c1-28(2)21-7-4-14(25-26-23-18-12-15(39(3,30)31)5-6-19(18)27-38-23)10-20(21)24-22(29)13-8-16(40(32,33)34)11-17(9-13)41(35,36)37/h4-12H,1-3H3,(H,24,29)(H,32,33,34)(H,35,36,37). The van der Waals surface area contributed by atoms with E-state index in [-0.39, 0.29) is 16.3 Å². The summed E-state index contributed by atoms with van der Waals surface area (Å²) in [6, 6.07) is 11.1. The van der Waals surface area contributed by atoms with E-state index in [0.717, 1.165) is 29.9 Å². The monoisotopic (exact) mass is 639 g/mol. The molecule has 3 N–H and O–H groups in total. The number of aromatic nitrogens is 1. The van der Waals surface area contributed by atoms with Crippen LogP contribution in [0, 0.1) is 0 Å². The van der Waals surface area contributed by atoms with E-state index < -0.39 is 51.3 Å². The quantitative estimate of drug-likeness (QED) is 0.186. The fraction of sp³-hybridized carbons (Fsp3) is 0.130. The molecule has 0 aliphatic carbocycles. The van der Waals surface area contributed by atoms with Crippen molar-refractivity contribution in [3.05, 3.63) is 60.2 Å². The van der Waals surface area contributed by atoms with Crippen LogP contribution in [0.25, 0.3) is 10.9 Å². The third kappa shape index (κ3) is 6.92. The van der Waals surface area contributed by atoms with Gasteiger partial charge in [0.1, 0.15) is 0 Å². The van der Waals surface area contributed by atoms with Gasteiger partial charge in [-0.3, -0.25) is 13.9 Å². The second-order valence-electron chi connectivity index (χ2n) is 8.83. The van der Waals surface area contributed by atoms with Gasteiger partial charge in [0.05, 0.1) is 37.3 Å². The number of anilines is 2. The van der Waals surface area contributed by atoms with Gasteiger partial charge >= 0.3 is 0 Å². The van der Waals surface area contributed by atoms with Crippen LogP contribution in [0.1, 0.15) is 10.4 Å². The van der Waals surface area contributed by atoms with Gasteiger partial charge < -0.3 is 10.2 Å². The van der Waals surface area contributed by atoms with Crippen LogP contribution in [0.15, 0.2) is 79.5 Å². The maximum atomic E-state index is 13.1. The number of rotatable bonds is 8. The minimum Gasteiger partial charge on any atom is -0.376 e. The maximum absolute atomic E-state index is 13.1.